The minimum atomic E-state index is -0.115. The Labute approximate surface area is 168 Å². The van der Waals surface area contributed by atoms with Gasteiger partial charge in [0.25, 0.3) is 5.91 Å². The van der Waals surface area contributed by atoms with E-state index in [-0.39, 0.29) is 11.7 Å². The Kier molecular flexibility index (Phi) is 5.15. The minimum absolute atomic E-state index is 0.0884. The average Bonchev–Trinajstić information content (AvgIpc) is 2.67. The number of pyridine rings is 1. The first-order valence-electron chi connectivity index (χ1n) is 9.23. The minimum Gasteiger partial charge on any atom is -0.507 e. The number of fused-ring (bicyclic) bond motifs is 1. The summed E-state index contributed by atoms with van der Waals surface area (Å²) in [6, 6.07) is 5.33. The summed E-state index contributed by atoms with van der Waals surface area (Å²) in [5.41, 5.74) is 2.77. The molecule has 1 N–H and O–H groups in total. The quantitative estimate of drug-likeness (QED) is 0.821. The van der Waals surface area contributed by atoms with Crippen molar-refractivity contribution in [2.45, 2.75) is 25.7 Å². The Bertz CT molecular complexity index is 880. The van der Waals surface area contributed by atoms with Crippen LogP contribution in [0.15, 0.2) is 24.4 Å². The van der Waals surface area contributed by atoms with Crippen LogP contribution in [0, 0.1) is 0 Å². The number of hydrogen-bond acceptors (Lipinski definition) is 4. The van der Waals surface area contributed by atoms with E-state index in [0.717, 1.165) is 25.7 Å². The van der Waals surface area contributed by atoms with Gasteiger partial charge >= 0.3 is 0 Å². The van der Waals surface area contributed by atoms with Crippen molar-refractivity contribution in [2.24, 2.45) is 0 Å². The highest BCUT2D eigenvalue weighted by Crippen LogP contribution is 2.30. The highest BCUT2D eigenvalue weighted by Gasteiger charge is 2.26. The van der Waals surface area contributed by atoms with E-state index in [1.54, 1.807) is 23.2 Å². The topological polar surface area (TPSA) is 56.7 Å². The number of phenolic OH excluding ortho intramolecular Hbond substituents is 1. The van der Waals surface area contributed by atoms with Crippen LogP contribution in [0.2, 0.25) is 10.0 Å². The molecule has 2 heterocycles. The number of phenols is 1. The van der Waals surface area contributed by atoms with Gasteiger partial charge < -0.3 is 14.9 Å². The molecule has 0 unspecified atom stereocenters. The van der Waals surface area contributed by atoms with Crippen LogP contribution in [0.4, 0.5) is 5.82 Å². The first-order chi connectivity index (χ1) is 13.0. The molecule has 0 saturated carbocycles. The second-order valence-corrected chi connectivity index (χ2v) is 7.93. The molecule has 2 aliphatic rings. The third kappa shape index (κ3) is 3.71. The molecule has 2 aromatic rings. The Morgan fingerprint density at radius 2 is 1.67 bits per heavy atom. The normalized spacial score (nSPS) is 17.0. The molecule has 1 aromatic carbocycles. The van der Waals surface area contributed by atoms with E-state index in [4.69, 9.17) is 23.2 Å². The molecule has 4 rings (SSSR count). The zero-order valence-electron chi connectivity index (χ0n) is 14.9. The number of halogens is 2. The van der Waals surface area contributed by atoms with Crippen LogP contribution in [-0.4, -0.2) is 47.1 Å². The number of nitrogens with zero attached hydrogens (tertiary/aromatic N) is 3. The van der Waals surface area contributed by atoms with Crippen molar-refractivity contribution in [3.8, 4) is 5.75 Å². The van der Waals surface area contributed by atoms with Gasteiger partial charge in [-0.3, -0.25) is 4.79 Å². The number of piperazine rings is 1. The second kappa shape index (κ2) is 7.56. The lowest BCUT2D eigenvalue weighted by Gasteiger charge is -2.36. The Balaban J connectivity index is 1.47. The summed E-state index contributed by atoms with van der Waals surface area (Å²) >= 11 is 12.2. The molecule has 0 radical (unpaired) electrons. The lowest BCUT2D eigenvalue weighted by molar-refractivity contribution is 0.0743. The van der Waals surface area contributed by atoms with Crippen LogP contribution < -0.4 is 4.90 Å². The molecule has 142 valence electrons. The number of carbonyl (C=O) groups is 1. The summed E-state index contributed by atoms with van der Waals surface area (Å²) in [4.78, 5) is 21.1. The Morgan fingerprint density at radius 3 is 2.33 bits per heavy atom. The van der Waals surface area contributed by atoms with Gasteiger partial charge in [-0.25, -0.2) is 4.98 Å². The van der Waals surface area contributed by atoms with E-state index < -0.39 is 0 Å². The number of aromatic hydroxyl groups is 1. The number of benzene rings is 1. The molecule has 1 amide bonds. The van der Waals surface area contributed by atoms with Gasteiger partial charge in [0.2, 0.25) is 0 Å². The molecular formula is C20H21Cl2N3O2. The van der Waals surface area contributed by atoms with Crippen molar-refractivity contribution >= 4 is 34.9 Å². The molecular weight excluding hydrogens is 385 g/mol. The zero-order chi connectivity index (χ0) is 19.0. The van der Waals surface area contributed by atoms with E-state index >= 15 is 0 Å². The van der Waals surface area contributed by atoms with Crippen LogP contribution in [0.3, 0.4) is 0 Å². The largest absolute Gasteiger partial charge is 0.507 e. The van der Waals surface area contributed by atoms with Gasteiger partial charge in [-0.05, 0) is 55.0 Å². The van der Waals surface area contributed by atoms with Crippen molar-refractivity contribution in [1.82, 2.24) is 9.88 Å². The van der Waals surface area contributed by atoms with Crippen LogP contribution in [-0.2, 0) is 12.8 Å². The number of anilines is 1. The summed E-state index contributed by atoms with van der Waals surface area (Å²) in [6.07, 6.45) is 5.81. The van der Waals surface area contributed by atoms with E-state index in [0.29, 0.717) is 47.6 Å². The van der Waals surface area contributed by atoms with Gasteiger partial charge in [0, 0.05) is 32.4 Å². The summed E-state index contributed by atoms with van der Waals surface area (Å²) in [7, 11) is 0. The zero-order valence-corrected chi connectivity index (χ0v) is 16.4. The lowest BCUT2D eigenvalue weighted by atomic mass is 9.89. The molecule has 1 fully saturated rings. The van der Waals surface area contributed by atoms with Gasteiger partial charge in [0.05, 0.1) is 15.6 Å². The number of carbonyl (C=O) groups excluding carboxylic acids is 1. The molecule has 0 spiro atoms. The predicted octanol–water partition coefficient (Wildman–Crippen LogP) is 3.94. The van der Waals surface area contributed by atoms with Gasteiger partial charge in [-0.1, -0.05) is 23.2 Å². The van der Waals surface area contributed by atoms with Crippen molar-refractivity contribution in [3.63, 3.8) is 0 Å². The first kappa shape index (κ1) is 18.4. The van der Waals surface area contributed by atoms with E-state index in [1.807, 2.05) is 6.07 Å². The highest BCUT2D eigenvalue weighted by molar-refractivity contribution is 6.36. The van der Waals surface area contributed by atoms with Crippen molar-refractivity contribution in [1.29, 1.82) is 0 Å². The second-order valence-electron chi connectivity index (χ2n) is 7.08. The third-order valence-corrected chi connectivity index (χ3v) is 5.83. The summed E-state index contributed by atoms with van der Waals surface area (Å²) < 4.78 is 0. The van der Waals surface area contributed by atoms with Crippen LogP contribution in [0.5, 0.6) is 5.75 Å². The molecule has 0 atom stereocenters. The SMILES string of the molecule is O=C(c1cc2c(cc1O)CCCC2)N1CCN(c2ncc(Cl)cc2Cl)CC1. The van der Waals surface area contributed by atoms with Gasteiger partial charge in [0.1, 0.15) is 11.6 Å². The maximum atomic E-state index is 12.9. The van der Waals surface area contributed by atoms with E-state index in [1.165, 1.54) is 11.1 Å². The number of hydrogen-bond donors (Lipinski definition) is 1. The monoisotopic (exact) mass is 405 g/mol. The standard InChI is InChI=1S/C20H21Cl2N3O2/c21-15-11-17(22)19(23-12-15)24-5-7-25(8-6-24)20(27)16-9-13-3-1-2-4-14(13)10-18(16)26/h9-12,26H,1-8H2. The number of amides is 1. The average molecular weight is 406 g/mol. The van der Waals surface area contributed by atoms with E-state index in [9.17, 15) is 9.90 Å². The van der Waals surface area contributed by atoms with Crippen molar-refractivity contribution in [3.05, 3.63) is 51.1 Å². The fraction of sp³-hybridized carbons (Fsp3) is 0.400. The number of aromatic nitrogens is 1. The van der Waals surface area contributed by atoms with Crippen molar-refractivity contribution < 1.29 is 9.90 Å². The number of rotatable bonds is 2. The van der Waals surface area contributed by atoms with Gasteiger partial charge in [-0.2, -0.15) is 0 Å². The van der Waals surface area contributed by atoms with E-state index in [2.05, 4.69) is 9.88 Å². The third-order valence-electron chi connectivity index (χ3n) is 5.35. The molecule has 27 heavy (non-hydrogen) atoms. The smallest absolute Gasteiger partial charge is 0.257 e. The Hall–Kier alpha value is -1.98. The summed E-state index contributed by atoms with van der Waals surface area (Å²) in [5.74, 6) is 0.658. The Morgan fingerprint density at radius 1 is 1.00 bits per heavy atom. The summed E-state index contributed by atoms with van der Waals surface area (Å²) in [5, 5.41) is 11.4. The molecule has 0 bridgehead atoms. The maximum Gasteiger partial charge on any atom is 0.257 e. The first-order valence-corrected chi connectivity index (χ1v) is 9.98. The molecule has 1 aromatic heterocycles. The fourth-order valence-corrected chi connectivity index (χ4v) is 4.38. The molecule has 7 heteroatoms. The predicted molar refractivity (Wildman–Crippen MR) is 107 cm³/mol. The molecule has 1 aliphatic carbocycles. The lowest BCUT2D eigenvalue weighted by Crippen LogP contribution is -2.49. The fourth-order valence-electron chi connectivity index (χ4n) is 3.88. The van der Waals surface area contributed by atoms with Gasteiger partial charge in [0.15, 0.2) is 0 Å². The number of aryl methyl sites for hydroxylation is 2. The maximum absolute atomic E-state index is 12.9. The molecule has 5 nitrogen and oxygen atoms in total. The summed E-state index contributed by atoms with van der Waals surface area (Å²) in [6.45, 7) is 2.36. The van der Waals surface area contributed by atoms with Crippen LogP contribution in [0.1, 0.15) is 34.3 Å². The van der Waals surface area contributed by atoms with Crippen LogP contribution >= 0.6 is 23.2 Å². The highest BCUT2D eigenvalue weighted by atomic mass is 35.5. The van der Waals surface area contributed by atoms with Gasteiger partial charge in [-0.15, -0.1) is 0 Å². The molecule has 1 saturated heterocycles. The van der Waals surface area contributed by atoms with Crippen LogP contribution in [0.25, 0.3) is 0 Å². The molecule has 1 aliphatic heterocycles. The van der Waals surface area contributed by atoms with Crippen molar-refractivity contribution in [2.75, 3.05) is 31.1 Å².